The summed E-state index contributed by atoms with van der Waals surface area (Å²) in [5.74, 6) is 0.701. The third kappa shape index (κ3) is 2.68. The van der Waals surface area contributed by atoms with Gasteiger partial charge >= 0.3 is 0 Å². The Morgan fingerprint density at radius 2 is 2.14 bits per heavy atom. The molecule has 14 heavy (non-hydrogen) atoms. The topological polar surface area (TPSA) is 43.1 Å². The predicted molar refractivity (Wildman–Crippen MR) is 59.0 cm³/mol. The van der Waals surface area contributed by atoms with E-state index in [-0.39, 0.29) is 5.78 Å². The lowest BCUT2D eigenvalue weighted by Crippen LogP contribution is -2.50. The Hall–Kier alpha value is -0.630. The zero-order valence-corrected chi connectivity index (χ0v) is 9.47. The molecule has 0 aromatic heterocycles. The zero-order chi connectivity index (χ0) is 10.8. The molecule has 2 unspecified atom stereocenters. The van der Waals surface area contributed by atoms with E-state index in [0.29, 0.717) is 5.92 Å². The number of hydrogen-bond acceptors (Lipinski definition) is 2. The molecule has 2 nitrogen and oxygen atoms in total. The minimum absolute atomic E-state index is 0.115. The molecule has 1 aliphatic rings. The van der Waals surface area contributed by atoms with Crippen LogP contribution in [-0.2, 0) is 4.79 Å². The third-order valence-corrected chi connectivity index (χ3v) is 2.94. The van der Waals surface area contributed by atoms with Crippen molar-refractivity contribution >= 4 is 5.78 Å². The van der Waals surface area contributed by atoms with Crippen molar-refractivity contribution in [1.29, 1.82) is 0 Å². The van der Waals surface area contributed by atoms with Gasteiger partial charge in [-0.05, 0) is 38.7 Å². The van der Waals surface area contributed by atoms with Crippen LogP contribution in [0.5, 0.6) is 0 Å². The van der Waals surface area contributed by atoms with E-state index in [4.69, 9.17) is 5.73 Å². The largest absolute Gasteiger partial charge is 0.319 e. The second kappa shape index (κ2) is 4.26. The van der Waals surface area contributed by atoms with E-state index in [1.165, 1.54) is 6.42 Å². The van der Waals surface area contributed by atoms with Crippen molar-refractivity contribution < 1.29 is 4.79 Å². The van der Waals surface area contributed by atoms with Crippen LogP contribution in [0.3, 0.4) is 0 Å². The molecule has 0 aliphatic heterocycles. The lowest BCUT2D eigenvalue weighted by Gasteiger charge is -2.34. The van der Waals surface area contributed by atoms with E-state index in [0.717, 1.165) is 24.8 Å². The van der Waals surface area contributed by atoms with Crippen LogP contribution in [0.4, 0.5) is 0 Å². The molecule has 0 aromatic carbocycles. The molecular weight excluding hydrogens is 174 g/mol. The molecule has 1 aliphatic carbocycles. The van der Waals surface area contributed by atoms with E-state index in [1.807, 2.05) is 13.8 Å². The summed E-state index contributed by atoms with van der Waals surface area (Å²) in [4.78, 5) is 11.9. The number of allylic oxidation sites excluding steroid dienone is 1. The summed E-state index contributed by atoms with van der Waals surface area (Å²) in [6, 6.07) is 0. The Balaban J connectivity index is 2.73. The molecule has 2 N–H and O–H groups in total. The highest BCUT2D eigenvalue weighted by molar-refractivity contribution is 5.98. The van der Waals surface area contributed by atoms with Gasteiger partial charge in [0, 0.05) is 0 Å². The minimum atomic E-state index is -0.574. The molecule has 0 amide bonds. The quantitative estimate of drug-likeness (QED) is 0.688. The van der Waals surface area contributed by atoms with Gasteiger partial charge in [0.1, 0.15) is 0 Å². The molecule has 2 atom stereocenters. The standard InChI is InChI=1S/C12H21NO/c1-9(2)7-11(14)12(13)6-4-5-10(3)8-12/h7,10H,4-6,8,13H2,1-3H3. The van der Waals surface area contributed by atoms with Crippen molar-refractivity contribution in [1.82, 2.24) is 0 Å². The molecule has 1 saturated carbocycles. The highest BCUT2D eigenvalue weighted by atomic mass is 16.1. The van der Waals surface area contributed by atoms with Crippen LogP contribution in [0.2, 0.25) is 0 Å². The van der Waals surface area contributed by atoms with Crippen molar-refractivity contribution in [3.05, 3.63) is 11.6 Å². The first kappa shape index (κ1) is 11.4. The highest BCUT2D eigenvalue weighted by Crippen LogP contribution is 2.31. The Morgan fingerprint density at radius 3 is 2.64 bits per heavy atom. The summed E-state index contributed by atoms with van der Waals surface area (Å²) < 4.78 is 0. The van der Waals surface area contributed by atoms with Gasteiger partial charge in [0.25, 0.3) is 0 Å². The summed E-state index contributed by atoms with van der Waals surface area (Å²) in [5.41, 5.74) is 6.61. The van der Waals surface area contributed by atoms with E-state index < -0.39 is 5.54 Å². The van der Waals surface area contributed by atoms with Crippen molar-refractivity contribution in [2.75, 3.05) is 0 Å². The Labute approximate surface area is 86.6 Å². The number of carbonyl (C=O) groups is 1. The van der Waals surface area contributed by atoms with E-state index in [9.17, 15) is 4.79 Å². The molecule has 2 heteroatoms. The van der Waals surface area contributed by atoms with Gasteiger partial charge in [-0.25, -0.2) is 0 Å². The van der Waals surface area contributed by atoms with Gasteiger partial charge in [-0.2, -0.15) is 0 Å². The van der Waals surface area contributed by atoms with Crippen LogP contribution in [-0.4, -0.2) is 11.3 Å². The smallest absolute Gasteiger partial charge is 0.175 e. The van der Waals surface area contributed by atoms with Gasteiger partial charge < -0.3 is 5.73 Å². The molecule has 0 bridgehead atoms. The molecule has 80 valence electrons. The van der Waals surface area contributed by atoms with Crippen LogP contribution in [0.25, 0.3) is 0 Å². The van der Waals surface area contributed by atoms with Gasteiger partial charge in [0.2, 0.25) is 0 Å². The molecule has 0 aromatic rings. The van der Waals surface area contributed by atoms with Crippen LogP contribution in [0.1, 0.15) is 46.5 Å². The fourth-order valence-corrected chi connectivity index (χ4v) is 2.22. The van der Waals surface area contributed by atoms with Crippen LogP contribution in [0, 0.1) is 5.92 Å². The SMILES string of the molecule is CC(C)=CC(=O)C1(N)CCCC(C)C1. The Morgan fingerprint density at radius 1 is 1.50 bits per heavy atom. The second-order valence-electron chi connectivity index (χ2n) is 4.94. The minimum Gasteiger partial charge on any atom is -0.319 e. The Bertz CT molecular complexity index is 253. The predicted octanol–water partition coefficient (Wildman–Crippen LogP) is 2.43. The average Bonchev–Trinajstić information content (AvgIpc) is 2.02. The van der Waals surface area contributed by atoms with Gasteiger partial charge in [-0.3, -0.25) is 4.79 Å². The summed E-state index contributed by atoms with van der Waals surface area (Å²) in [5, 5.41) is 0. The van der Waals surface area contributed by atoms with Crippen molar-refractivity contribution in [2.24, 2.45) is 11.7 Å². The number of carbonyl (C=O) groups excluding carboxylic acids is 1. The maximum Gasteiger partial charge on any atom is 0.175 e. The molecule has 1 rings (SSSR count). The van der Waals surface area contributed by atoms with Gasteiger partial charge in [-0.1, -0.05) is 25.3 Å². The lowest BCUT2D eigenvalue weighted by molar-refractivity contribution is -0.121. The van der Waals surface area contributed by atoms with Crippen LogP contribution in [0.15, 0.2) is 11.6 Å². The van der Waals surface area contributed by atoms with Crippen LogP contribution >= 0.6 is 0 Å². The zero-order valence-electron chi connectivity index (χ0n) is 9.47. The number of hydrogen-bond donors (Lipinski definition) is 1. The maximum atomic E-state index is 11.9. The number of nitrogens with two attached hydrogens (primary N) is 1. The summed E-state index contributed by atoms with van der Waals surface area (Å²) in [7, 11) is 0. The van der Waals surface area contributed by atoms with Gasteiger partial charge in [-0.15, -0.1) is 0 Å². The highest BCUT2D eigenvalue weighted by Gasteiger charge is 2.36. The van der Waals surface area contributed by atoms with Crippen molar-refractivity contribution in [2.45, 2.75) is 52.0 Å². The maximum absolute atomic E-state index is 11.9. The monoisotopic (exact) mass is 195 g/mol. The molecule has 1 fully saturated rings. The van der Waals surface area contributed by atoms with E-state index in [2.05, 4.69) is 6.92 Å². The molecule has 0 spiro atoms. The Kier molecular flexibility index (Phi) is 3.48. The van der Waals surface area contributed by atoms with Crippen molar-refractivity contribution in [3.8, 4) is 0 Å². The summed E-state index contributed by atoms with van der Waals surface area (Å²) in [6.07, 6.45) is 5.68. The molecule has 0 radical (unpaired) electrons. The number of ketones is 1. The first-order valence-electron chi connectivity index (χ1n) is 5.42. The summed E-state index contributed by atoms with van der Waals surface area (Å²) in [6.45, 7) is 6.05. The van der Waals surface area contributed by atoms with E-state index in [1.54, 1.807) is 6.08 Å². The number of rotatable bonds is 2. The first-order chi connectivity index (χ1) is 6.44. The second-order valence-corrected chi connectivity index (χ2v) is 4.94. The fourth-order valence-electron chi connectivity index (χ4n) is 2.22. The molecule has 0 saturated heterocycles. The average molecular weight is 195 g/mol. The lowest BCUT2D eigenvalue weighted by atomic mass is 9.74. The normalized spacial score (nSPS) is 32.4. The molecular formula is C12H21NO. The van der Waals surface area contributed by atoms with Gasteiger partial charge in [0.05, 0.1) is 5.54 Å². The fraction of sp³-hybridized carbons (Fsp3) is 0.750. The van der Waals surface area contributed by atoms with E-state index >= 15 is 0 Å². The molecule has 0 heterocycles. The van der Waals surface area contributed by atoms with Crippen molar-refractivity contribution in [3.63, 3.8) is 0 Å². The third-order valence-electron chi connectivity index (χ3n) is 2.94. The van der Waals surface area contributed by atoms with Gasteiger partial charge in [0.15, 0.2) is 5.78 Å². The first-order valence-corrected chi connectivity index (χ1v) is 5.42. The summed E-state index contributed by atoms with van der Waals surface area (Å²) >= 11 is 0. The van der Waals surface area contributed by atoms with Crippen LogP contribution < -0.4 is 5.73 Å².